The molecular formula is C14H17N3O3S2. The molecule has 0 radical (unpaired) electrons. The topological polar surface area (TPSA) is 89.0 Å². The molecule has 2 rings (SSSR count). The van der Waals surface area contributed by atoms with E-state index in [1.807, 2.05) is 0 Å². The number of anilines is 1. The normalized spacial score (nSPS) is 11.6. The van der Waals surface area contributed by atoms with E-state index in [4.69, 9.17) is 0 Å². The maximum absolute atomic E-state index is 12.1. The molecule has 8 heteroatoms. The maximum atomic E-state index is 12.1. The van der Waals surface area contributed by atoms with Crippen molar-refractivity contribution in [2.45, 2.75) is 25.2 Å². The summed E-state index contributed by atoms with van der Waals surface area (Å²) in [4.78, 5) is 12.3. The summed E-state index contributed by atoms with van der Waals surface area (Å²) in [7, 11) is -3.26. The maximum Gasteiger partial charge on any atom is 0.257 e. The Balaban J connectivity index is 2.07. The van der Waals surface area contributed by atoms with Gasteiger partial charge in [0.15, 0.2) is 9.84 Å². The molecule has 0 aliphatic carbocycles. The van der Waals surface area contributed by atoms with Gasteiger partial charge in [0.05, 0.1) is 4.90 Å². The Labute approximate surface area is 133 Å². The third-order valence-corrected chi connectivity index (χ3v) is 4.80. The fraction of sp³-hybridized carbons (Fsp3) is 0.357. The van der Waals surface area contributed by atoms with Crippen LogP contribution in [0.2, 0.25) is 0 Å². The van der Waals surface area contributed by atoms with Gasteiger partial charge in [0.2, 0.25) is 5.13 Å². The van der Waals surface area contributed by atoms with Crippen LogP contribution in [0.3, 0.4) is 0 Å². The van der Waals surface area contributed by atoms with Gasteiger partial charge in [-0.05, 0) is 30.2 Å². The molecule has 2 aromatic rings. The minimum Gasteiger partial charge on any atom is -0.296 e. The van der Waals surface area contributed by atoms with Crippen molar-refractivity contribution < 1.29 is 13.2 Å². The molecule has 0 aliphatic heterocycles. The van der Waals surface area contributed by atoms with Crippen LogP contribution >= 0.6 is 11.3 Å². The number of rotatable bonds is 5. The first-order chi connectivity index (χ1) is 10.3. The molecule has 0 saturated heterocycles. The molecule has 0 atom stereocenters. The summed E-state index contributed by atoms with van der Waals surface area (Å²) in [5.41, 5.74) is 0.369. The number of amides is 1. The van der Waals surface area contributed by atoms with Crippen molar-refractivity contribution in [1.82, 2.24) is 10.2 Å². The fourth-order valence-electron chi connectivity index (χ4n) is 1.76. The summed E-state index contributed by atoms with van der Waals surface area (Å²) in [6.07, 6.45) is 1.94. The van der Waals surface area contributed by atoms with Crippen molar-refractivity contribution >= 4 is 32.2 Å². The molecule has 1 amide bonds. The molecule has 22 heavy (non-hydrogen) atoms. The van der Waals surface area contributed by atoms with Crippen molar-refractivity contribution in [2.75, 3.05) is 11.6 Å². The van der Waals surface area contributed by atoms with Gasteiger partial charge in [-0.15, -0.1) is 10.2 Å². The minimum atomic E-state index is -3.26. The lowest BCUT2D eigenvalue weighted by atomic mass is 10.1. The van der Waals surface area contributed by atoms with Crippen molar-refractivity contribution in [2.24, 2.45) is 5.92 Å². The Morgan fingerprint density at radius 3 is 2.41 bits per heavy atom. The van der Waals surface area contributed by atoms with E-state index in [1.165, 1.54) is 35.6 Å². The van der Waals surface area contributed by atoms with Crippen LogP contribution in [0.25, 0.3) is 0 Å². The van der Waals surface area contributed by atoms with Crippen LogP contribution in [-0.4, -0.2) is 30.8 Å². The highest BCUT2D eigenvalue weighted by Gasteiger charge is 2.12. The largest absolute Gasteiger partial charge is 0.296 e. The van der Waals surface area contributed by atoms with E-state index in [1.54, 1.807) is 0 Å². The molecule has 0 unspecified atom stereocenters. The molecule has 0 fully saturated rings. The van der Waals surface area contributed by atoms with E-state index >= 15 is 0 Å². The first-order valence-corrected chi connectivity index (χ1v) is 9.40. The highest BCUT2D eigenvalue weighted by atomic mass is 32.2. The van der Waals surface area contributed by atoms with Gasteiger partial charge in [0.25, 0.3) is 5.91 Å². The number of benzene rings is 1. The first kappa shape index (κ1) is 16.6. The summed E-state index contributed by atoms with van der Waals surface area (Å²) in [6, 6.07) is 5.77. The lowest BCUT2D eigenvalue weighted by molar-refractivity contribution is 0.102. The van der Waals surface area contributed by atoms with Gasteiger partial charge in [0, 0.05) is 18.2 Å². The summed E-state index contributed by atoms with van der Waals surface area (Å²) in [5, 5.41) is 11.9. The lowest BCUT2D eigenvalue weighted by Crippen LogP contribution is -2.11. The minimum absolute atomic E-state index is 0.180. The zero-order valence-corrected chi connectivity index (χ0v) is 14.2. The van der Waals surface area contributed by atoms with E-state index in [0.29, 0.717) is 16.6 Å². The van der Waals surface area contributed by atoms with Crippen LogP contribution in [0, 0.1) is 5.92 Å². The number of sulfone groups is 1. The smallest absolute Gasteiger partial charge is 0.257 e. The molecule has 1 N–H and O–H groups in total. The van der Waals surface area contributed by atoms with Gasteiger partial charge in [-0.1, -0.05) is 25.2 Å². The van der Waals surface area contributed by atoms with E-state index in [9.17, 15) is 13.2 Å². The van der Waals surface area contributed by atoms with Gasteiger partial charge in [-0.2, -0.15) is 0 Å². The Hall–Kier alpha value is -1.80. The second-order valence-corrected chi connectivity index (χ2v) is 8.43. The summed E-state index contributed by atoms with van der Waals surface area (Å²) < 4.78 is 22.8. The highest BCUT2D eigenvalue weighted by Crippen LogP contribution is 2.19. The van der Waals surface area contributed by atoms with Crippen LogP contribution in [0.1, 0.15) is 29.2 Å². The van der Waals surface area contributed by atoms with Crippen molar-refractivity contribution in [3.05, 3.63) is 34.8 Å². The van der Waals surface area contributed by atoms with Gasteiger partial charge in [0.1, 0.15) is 5.01 Å². The molecule has 6 nitrogen and oxygen atoms in total. The molecule has 1 aromatic carbocycles. The van der Waals surface area contributed by atoms with Crippen LogP contribution < -0.4 is 5.32 Å². The lowest BCUT2D eigenvalue weighted by Gasteiger charge is -2.02. The average Bonchev–Trinajstić information content (AvgIpc) is 2.84. The average molecular weight is 339 g/mol. The number of aromatic nitrogens is 2. The summed E-state index contributed by atoms with van der Waals surface area (Å²) >= 11 is 1.34. The van der Waals surface area contributed by atoms with Crippen LogP contribution in [0.15, 0.2) is 29.2 Å². The third kappa shape index (κ3) is 4.35. The SMILES string of the molecule is CC(C)Cc1nnc(NC(=O)c2ccc(S(C)(=O)=O)cc2)s1. The fourth-order valence-corrected chi connectivity index (χ4v) is 3.34. The number of nitrogens with zero attached hydrogens (tertiary/aromatic N) is 2. The quantitative estimate of drug-likeness (QED) is 0.903. The monoisotopic (exact) mass is 339 g/mol. The number of hydrogen-bond donors (Lipinski definition) is 1. The highest BCUT2D eigenvalue weighted by molar-refractivity contribution is 7.90. The van der Waals surface area contributed by atoms with E-state index in [2.05, 4.69) is 29.4 Å². The van der Waals surface area contributed by atoms with E-state index < -0.39 is 9.84 Å². The zero-order valence-electron chi connectivity index (χ0n) is 12.5. The molecule has 1 heterocycles. The van der Waals surface area contributed by atoms with Gasteiger partial charge < -0.3 is 0 Å². The molecule has 0 aliphatic rings. The van der Waals surface area contributed by atoms with Crippen LogP contribution in [-0.2, 0) is 16.3 Å². The molecule has 1 aromatic heterocycles. The van der Waals surface area contributed by atoms with Crippen molar-refractivity contribution in [1.29, 1.82) is 0 Å². The number of hydrogen-bond acceptors (Lipinski definition) is 6. The Morgan fingerprint density at radius 1 is 1.23 bits per heavy atom. The van der Waals surface area contributed by atoms with Crippen molar-refractivity contribution in [3.8, 4) is 0 Å². The molecule has 0 spiro atoms. The van der Waals surface area contributed by atoms with Gasteiger partial charge in [-0.25, -0.2) is 8.42 Å². The zero-order chi connectivity index (χ0) is 16.3. The van der Waals surface area contributed by atoms with Gasteiger partial charge >= 0.3 is 0 Å². The molecule has 0 saturated carbocycles. The molecule has 0 bridgehead atoms. The van der Waals surface area contributed by atoms with Crippen LogP contribution in [0.5, 0.6) is 0 Å². The van der Waals surface area contributed by atoms with Gasteiger partial charge in [-0.3, -0.25) is 10.1 Å². The summed E-state index contributed by atoms with van der Waals surface area (Å²) in [6.45, 7) is 4.17. The second kappa shape index (κ2) is 6.53. The molecular weight excluding hydrogens is 322 g/mol. The van der Waals surface area contributed by atoms with Crippen LogP contribution in [0.4, 0.5) is 5.13 Å². The number of carbonyl (C=O) groups is 1. The van der Waals surface area contributed by atoms with Crippen molar-refractivity contribution in [3.63, 3.8) is 0 Å². The Bertz CT molecular complexity index is 765. The second-order valence-electron chi connectivity index (χ2n) is 5.35. The Kier molecular flexibility index (Phi) is 4.92. The standard InChI is InChI=1S/C14H17N3O3S2/c1-9(2)8-12-16-17-14(21-12)15-13(18)10-4-6-11(7-5-10)22(3,19)20/h4-7,9H,8H2,1-3H3,(H,15,17,18). The third-order valence-electron chi connectivity index (χ3n) is 2.81. The Morgan fingerprint density at radius 2 is 1.86 bits per heavy atom. The summed E-state index contributed by atoms with van der Waals surface area (Å²) in [5.74, 6) is 0.132. The van der Waals surface area contributed by atoms with E-state index in [0.717, 1.165) is 17.7 Å². The molecule has 118 valence electrons. The predicted octanol–water partition coefficient (Wildman–Crippen LogP) is 2.39. The number of carbonyl (C=O) groups excluding carboxylic acids is 1. The van der Waals surface area contributed by atoms with E-state index in [-0.39, 0.29) is 10.8 Å². The predicted molar refractivity (Wildman–Crippen MR) is 86.0 cm³/mol. The number of nitrogens with one attached hydrogen (secondary N) is 1. The first-order valence-electron chi connectivity index (χ1n) is 6.69.